The van der Waals surface area contributed by atoms with Crippen LogP contribution in [0.5, 0.6) is 5.75 Å². The molecule has 4 rings (SSSR count). The van der Waals surface area contributed by atoms with Crippen molar-refractivity contribution in [3.63, 3.8) is 0 Å². The Balaban J connectivity index is 1.29. The molecule has 1 aliphatic rings. The van der Waals surface area contributed by atoms with Crippen molar-refractivity contribution in [3.05, 3.63) is 76.5 Å². The Hall–Kier alpha value is -3.32. The summed E-state index contributed by atoms with van der Waals surface area (Å²) in [6.45, 7) is 7.07. The average molecular weight is 464 g/mol. The van der Waals surface area contributed by atoms with Crippen molar-refractivity contribution in [3.8, 4) is 5.75 Å². The van der Waals surface area contributed by atoms with Crippen LogP contribution >= 0.6 is 11.3 Å². The van der Waals surface area contributed by atoms with Gasteiger partial charge in [-0.25, -0.2) is 0 Å². The molecule has 0 unspecified atom stereocenters. The number of hydrogen-bond donors (Lipinski definition) is 1. The van der Waals surface area contributed by atoms with Gasteiger partial charge in [0.1, 0.15) is 5.75 Å². The lowest BCUT2D eigenvalue weighted by molar-refractivity contribution is 0.0751. The Kier molecular flexibility index (Phi) is 7.29. The summed E-state index contributed by atoms with van der Waals surface area (Å²) in [6.07, 6.45) is 1.08. The molecule has 1 atom stereocenters. The first kappa shape index (κ1) is 22.9. The van der Waals surface area contributed by atoms with E-state index in [4.69, 9.17) is 4.74 Å². The number of nitrogens with one attached hydrogen (secondary N) is 1. The summed E-state index contributed by atoms with van der Waals surface area (Å²) in [4.78, 5) is 30.1. The fourth-order valence-corrected chi connectivity index (χ4v) is 4.37. The summed E-state index contributed by atoms with van der Waals surface area (Å²) < 4.78 is 5.77. The van der Waals surface area contributed by atoms with E-state index in [-0.39, 0.29) is 17.9 Å². The first-order valence-electron chi connectivity index (χ1n) is 11.3. The lowest BCUT2D eigenvalue weighted by Gasteiger charge is -2.36. The fraction of sp³-hybridized carbons (Fsp3) is 0.308. The minimum Gasteiger partial charge on any atom is -0.491 e. The number of anilines is 2. The van der Waals surface area contributed by atoms with E-state index in [1.807, 2.05) is 65.7 Å². The second kappa shape index (κ2) is 10.5. The van der Waals surface area contributed by atoms with Gasteiger partial charge in [0, 0.05) is 43.1 Å². The molecule has 3 aromatic rings. The van der Waals surface area contributed by atoms with Crippen molar-refractivity contribution in [1.82, 2.24) is 4.90 Å². The molecule has 0 aliphatic carbocycles. The molecule has 0 radical (unpaired) electrons. The van der Waals surface area contributed by atoms with Crippen molar-refractivity contribution in [1.29, 1.82) is 0 Å². The highest BCUT2D eigenvalue weighted by Crippen LogP contribution is 2.22. The van der Waals surface area contributed by atoms with Gasteiger partial charge in [0.15, 0.2) is 0 Å². The molecule has 1 aliphatic heterocycles. The molecule has 1 fully saturated rings. The standard InChI is InChI=1S/C26H29N3O3S/c1-3-19(2)32-23-12-6-20(7-13-23)25(30)27-21-8-10-22(11-9-21)28-14-16-29(17-15-28)26(31)24-5-4-18-33-24/h4-13,18-19H,3,14-17H2,1-2H3,(H,27,30)/t19-/m0/s1. The number of benzene rings is 2. The van der Waals surface area contributed by atoms with Crippen molar-refractivity contribution < 1.29 is 14.3 Å². The number of nitrogens with zero attached hydrogens (tertiary/aromatic N) is 2. The van der Waals surface area contributed by atoms with Crippen LogP contribution < -0.4 is 15.0 Å². The zero-order chi connectivity index (χ0) is 23.2. The maximum absolute atomic E-state index is 12.6. The fourth-order valence-electron chi connectivity index (χ4n) is 3.68. The Morgan fingerprint density at radius 1 is 1.00 bits per heavy atom. The van der Waals surface area contributed by atoms with Gasteiger partial charge in [-0.3, -0.25) is 9.59 Å². The molecule has 0 spiro atoms. The van der Waals surface area contributed by atoms with Crippen molar-refractivity contribution >= 4 is 34.5 Å². The molecule has 1 aromatic heterocycles. The van der Waals surface area contributed by atoms with Gasteiger partial charge < -0.3 is 19.9 Å². The van der Waals surface area contributed by atoms with Gasteiger partial charge in [-0.2, -0.15) is 0 Å². The highest BCUT2D eigenvalue weighted by atomic mass is 32.1. The molecule has 0 saturated carbocycles. The van der Waals surface area contributed by atoms with Crippen LogP contribution in [-0.4, -0.2) is 49.0 Å². The van der Waals surface area contributed by atoms with Crippen molar-refractivity contribution in [2.45, 2.75) is 26.4 Å². The Morgan fingerprint density at radius 3 is 2.30 bits per heavy atom. The van der Waals surface area contributed by atoms with E-state index in [0.29, 0.717) is 18.7 Å². The zero-order valence-corrected chi connectivity index (χ0v) is 19.8. The number of carbonyl (C=O) groups is 2. The maximum atomic E-state index is 12.6. The van der Waals surface area contributed by atoms with Crippen LogP contribution in [0.1, 0.15) is 40.3 Å². The SMILES string of the molecule is CC[C@H](C)Oc1ccc(C(=O)Nc2ccc(N3CCN(C(=O)c4cccs4)CC3)cc2)cc1. The summed E-state index contributed by atoms with van der Waals surface area (Å²) >= 11 is 1.48. The van der Waals surface area contributed by atoms with Gasteiger partial charge in [0.05, 0.1) is 11.0 Å². The van der Waals surface area contributed by atoms with Crippen LogP contribution in [0.3, 0.4) is 0 Å². The quantitative estimate of drug-likeness (QED) is 0.527. The third-order valence-corrected chi connectivity index (χ3v) is 6.68. The lowest BCUT2D eigenvalue weighted by atomic mass is 10.2. The molecule has 2 heterocycles. The molecular weight excluding hydrogens is 434 g/mol. The Labute approximate surface area is 198 Å². The topological polar surface area (TPSA) is 61.9 Å². The van der Waals surface area contributed by atoms with Crippen molar-refractivity contribution in [2.24, 2.45) is 0 Å². The molecule has 7 heteroatoms. The minimum absolute atomic E-state index is 0.113. The average Bonchev–Trinajstić information content (AvgIpc) is 3.39. The molecule has 0 bridgehead atoms. The number of carbonyl (C=O) groups excluding carboxylic acids is 2. The normalized spacial score (nSPS) is 14.6. The molecule has 172 valence electrons. The van der Waals surface area contributed by atoms with Crippen LogP contribution in [-0.2, 0) is 0 Å². The third-order valence-electron chi connectivity index (χ3n) is 5.82. The van der Waals surface area contributed by atoms with Crippen LogP contribution in [0, 0.1) is 0 Å². The Bertz CT molecular complexity index is 1060. The number of rotatable bonds is 7. The predicted octanol–water partition coefficient (Wildman–Crippen LogP) is 5.14. The summed E-state index contributed by atoms with van der Waals surface area (Å²) in [7, 11) is 0. The first-order valence-corrected chi connectivity index (χ1v) is 12.2. The first-order chi connectivity index (χ1) is 16.0. The van der Waals surface area contributed by atoms with E-state index in [9.17, 15) is 9.59 Å². The number of hydrogen-bond acceptors (Lipinski definition) is 5. The van der Waals surface area contributed by atoms with Crippen LogP contribution in [0.2, 0.25) is 0 Å². The summed E-state index contributed by atoms with van der Waals surface area (Å²) in [5.74, 6) is 0.725. The van der Waals surface area contributed by atoms with Crippen LogP contribution in [0.4, 0.5) is 11.4 Å². The van der Waals surface area contributed by atoms with Crippen LogP contribution in [0.15, 0.2) is 66.0 Å². The van der Waals surface area contributed by atoms with Crippen LogP contribution in [0.25, 0.3) is 0 Å². The molecule has 2 amide bonds. The van der Waals surface area contributed by atoms with E-state index in [1.54, 1.807) is 12.1 Å². The minimum atomic E-state index is -0.154. The van der Waals surface area contributed by atoms with Gasteiger partial charge >= 0.3 is 0 Å². The van der Waals surface area contributed by atoms with E-state index >= 15 is 0 Å². The number of ether oxygens (including phenoxy) is 1. The highest BCUT2D eigenvalue weighted by molar-refractivity contribution is 7.12. The van der Waals surface area contributed by atoms with Gasteiger partial charge in [0.2, 0.25) is 0 Å². The van der Waals surface area contributed by atoms with E-state index < -0.39 is 0 Å². The molecule has 2 aromatic carbocycles. The van der Waals surface area contributed by atoms with Gasteiger partial charge in [-0.15, -0.1) is 11.3 Å². The molecule has 6 nitrogen and oxygen atoms in total. The van der Waals surface area contributed by atoms with Gasteiger partial charge in [0.25, 0.3) is 11.8 Å². The smallest absolute Gasteiger partial charge is 0.264 e. The summed E-state index contributed by atoms with van der Waals surface area (Å²) in [6, 6.07) is 18.8. The van der Waals surface area contributed by atoms with E-state index in [2.05, 4.69) is 17.1 Å². The molecule has 1 saturated heterocycles. The van der Waals surface area contributed by atoms with Gasteiger partial charge in [-0.1, -0.05) is 13.0 Å². The largest absolute Gasteiger partial charge is 0.491 e. The lowest BCUT2D eigenvalue weighted by Crippen LogP contribution is -2.48. The second-order valence-corrected chi connectivity index (χ2v) is 9.07. The van der Waals surface area contributed by atoms with E-state index in [1.165, 1.54) is 11.3 Å². The monoisotopic (exact) mass is 463 g/mol. The highest BCUT2D eigenvalue weighted by Gasteiger charge is 2.22. The third kappa shape index (κ3) is 5.73. The summed E-state index contributed by atoms with van der Waals surface area (Å²) in [5.41, 5.74) is 2.42. The number of piperazine rings is 1. The number of amides is 2. The van der Waals surface area contributed by atoms with E-state index in [0.717, 1.165) is 41.5 Å². The summed E-state index contributed by atoms with van der Waals surface area (Å²) in [5, 5.41) is 4.88. The predicted molar refractivity (Wildman–Crippen MR) is 134 cm³/mol. The number of thiophene rings is 1. The second-order valence-electron chi connectivity index (χ2n) is 8.12. The molecule has 33 heavy (non-hydrogen) atoms. The maximum Gasteiger partial charge on any atom is 0.264 e. The van der Waals surface area contributed by atoms with Gasteiger partial charge in [-0.05, 0) is 73.3 Å². The Morgan fingerprint density at radius 2 is 1.70 bits per heavy atom. The van der Waals surface area contributed by atoms with Crippen molar-refractivity contribution in [2.75, 3.05) is 36.4 Å². The molecular formula is C26H29N3O3S. The molecule has 1 N–H and O–H groups in total. The zero-order valence-electron chi connectivity index (χ0n) is 19.0.